The molecule has 0 aromatic heterocycles. The Morgan fingerprint density at radius 2 is 1.93 bits per heavy atom. The van der Waals surface area contributed by atoms with Crippen LogP contribution in [0.3, 0.4) is 0 Å². The normalized spacial score (nSPS) is 23.3. The van der Waals surface area contributed by atoms with E-state index in [0.29, 0.717) is 35.4 Å². The number of carbonyl (C=O) groups is 3. The van der Waals surface area contributed by atoms with E-state index < -0.39 is 17.9 Å². The number of nitrogens with one attached hydrogen (secondary N) is 1. The van der Waals surface area contributed by atoms with Gasteiger partial charge in [-0.15, -0.1) is 0 Å². The first kappa shape index (κ1) is 17.7. The number of fused-ring (bicyclic) bond motifs is 1. The van der Waals surface area contributed by atoms with Crippen LogP contribution in [0.15, 0.2) is 30.5 Å². The first-order valence-corrected chi connectivity index (χ1v) is 9.37. The molecule has 0 spiro atoms. The Bertz CT molecular complexity index is 829. The molecular weight excluding hydrogens is 346 g/mol. The van der Waals surface area contributed by atoms with Crippen LogP contribution in [0, 0.1) is 0 Å². The zero-order valence-corrected chi connectivity index (χ0v) is 15.4. The van der Waals surface area contributed by atoms with E-state index in [1.807, 2.05) is 0 Å². The van der Waals surface area contributed by atoms with Crippen LogP contribution in [0.5, 0.6) is 5.75 Å². The van der Waals surface area contributed by atoms with Gasteiger partial charge in [-0.2, -0.15) is 0 Å². The van der Waals surface area contributed by atoms with Gasteiger partial charge in [0.1, 0.15) is 17.9 Å². The number of likely N-dealkylation sites (tertiary alicyclic amines) is 1. The highest BCUT2D eigenvalue weighted by Crippen LogP contribution is 2.31. The van der Waals surface area contributed by atoms with E-state index in [0.717, 1.165) is 31.0 Å². The Hall–Kier alpha value is -2.67. The van der Waals surface area contributed by atoms with Crippen LogP contribution in [-0.2, 0) is 4.79 Å². The van der Waals surface area contributed by atoms with Gasteiger partial charge in [0.25, 0.3) is 11.8 Å². The smallest absolute Gasteiger partial charge is 0.262 e. The number of imide groups is 1. The minimum Gasteiger partial charge on any atom is -0.488 e. The molecule has 0 aliphatic carbocycles. The van der Waals surface area contributed by atoms with Gasteiger partial charge in [-0.05, 0) is 44.0 Å². The third kappa shape index (κ3) is 3.12. The van der Waals surface area contributed by atoms with Crippen molar-refractivity contribution in [1.29, 1.82) is 0 Å². The second-order valence-electron chi connectivity index (χ2n) is 7.33. The molecule has 0 radical (unpaired) electrons. The number of hydrogen-bond acceptors (Lipinski definition) is 5. The lowest BCUT2D eigenvalue weighted by Crippen LogP contribution is -2.53. The monoisotopic (exact) mass is 369 g/mol. The van der Waals surface area contributed by atoms with E-state index in [1.54, 1.807) is 18.2 Å². The highest BCUT2D eigenvalue weighted by molar-refractivity contribution is 6.23. The molecule has 2 saturated heterocycles. The van der Waals surface area contributed by atoms with Gasteiger partial charge >= 0.3 is 0 Å². The summed E-state index contributed by atoms with van der Waals surface area (Å²) < 4.78 is 5.94. The minimum absolute atomic E-state index is 0.105. The Morgan fingerprint density at radius 3 is 2.63 bits per heavy atom. The first-order chi connectivity index (χ1) is 13.0. The summed E-state index contributed by atoms with van der Waals surface area (Å²) >= 11 is 0. The molecular formula is C20H23N3O4. The van der Waals surface area contributed by atoms with Gasteiger partial charge in [0.2, 0.25) is 5.91 Å². The van der Waals surface area contributed by atoms with E-state index >= 15 is 0 Å². The summed E-state index contributed by atoms with van der Waals surface area (Å²) in [6.45, 7) is 8.68. The number of rotatable bonds is 5. The van der Waals surface area contributed by atoms with Crippen LogP contribution in [0.4, 0.5) is 0 Å². The highest BCUT2D eigenvalue weighted by Gasteiger charge is 2.44. The van der Waals surface area contributed by atoms with Crippen molar-refractivity contribution in [3.8, 4) is 5.75 Å². The van der Waals surface area contributed by atoms with Crippen LogP contribution in [0.2, 0.25) is 0 Å². The van der Waals surface area contributed by atoms with Crippen LogP contribution < -0.4 is 10.1 Å². The van der Waals surface area contributed by atoms with Gasteiger partial charge in [-0.3, -0.25) is 24.2 Å². The van der Waals surface area contributed by atoms with Crippen molar-refractivity contribution in [2.75, 3.05) is 19.6 Å². The maximum Gasteiger partial charge on any atom is 0.262 e. The van der Waals surface area contributed by atoms with Gasteiger partial charge in [-0.1, -0.05) is 13.5 Å². The fraction of sp³-hybridized carbons (Fsp3) is 0.450. The third-order valence-electron chi connectivity index (χ3n) is 5.29. The van der Waals surface area contributed by atoms with Crippen LogP contribution >= 0.6 is 0 Å². The number of hydrogen-bond donors (Lipinski definition) is 1. The van der Waals surface area contributed by atoms with Gasteiger partial charge < -0.3 is 10.1 Å². The second kappa shape index (κ2) is 6.81. The molecule has 1 aromatic rings. The molecule has 142 valence electrons. The Morgan fingerprint density at radius 1 is 1.19 bits per heavy atom. The molecule has 3 amide bonds. The summed E-state index contributed by atoms with van der Waals surface area (Å²) in [5, 5.41) is 2.63. The summed E-state index contributed by atoms with van der Waals surface area (Å²) in [6, 6.07) is 4.17. The van der Waals surface area contributed by atoms with Crippen LogP contribution in [0.25, 0.3) is 0 Å². The molecule has 1 aromatic carbocycles. The average Bonchev–Trinajstić information content (AvgIpc) is 2.84. The molecule has 27 heavy (non-hydrogen) atoms. The summed E-state index contributed by atoms with van der Waals surface area (Å²) in [7, 11) is 0. The van der Waals surface area contributed by atoms with Crippen LogP contribution in [0.1, 0.15) is 46.9 Å². The largest absolute Gasteiger partial charge is 0.488 e. The first-order valence-electron chi connectivity index (χ1n) is 9.37. The fourth-order valence-electron chi connectivity index (χ4n) is 3.89. The topological polar surface area (TPSA) is 79.0 Å². The Labute approximate surface area is 158 Å². The van der Waals surface area contributed by atoms with Crippen molar-refractivity contribution >= 4 is 17.7 Å². The molecule has 7 heteroatoms. The molecule has 4 rings (SSSR count). The van der Waals surface area contributed by atoms with E-state index in [2.05, 4.69) is 23.7 Å². The number of carbonyl (C=O) groups excluding carboxylic acids is 3. The molecule has 1 unspecified atom stereocenters. The number of amides is 3. The Kier molecular flexibility index (Phi) is 4.47. The lowest BCUT2D eigenvalue weighted by atomic mass is 10.0. The van der Waals surface area contributed by atoms with Gasteiger partial charge in [-0.25, -0.2) is 0 Å². The molecule has 7 nitrogen and oxygen atoms in total. The number of benzene rings is 1. The average molecular weight is 369 g/mol. The van der Waals surface area contributed by atoms with Gasteiger partial charge in [0, 0.05) is 18.8 Å². The molecule has 3 aliphatic heterocycles. The summed E-state index contributed by atoms with van der Waals surface area (Å²) in [4.78, 5) is 41.1. The number of piperidine rings is 1. The number of allylic oxidation sites excluding steroid dienone is 1. The lowest BCUT2D eigenvalue weighted by molar-refractivity contribution is -0.125. The summed E-state index contributed by atoms with van der Waals surface area (Å²) in [6.07, 6.45) is 2.16. The zero-order valence-electron chi connectivity index (χ0n) is 15.4. The molecule has 1 N–H and O–H groups in total. The number of ether oxygens (including phenoxy) is 1. The van der Waals surface area contributed by atoms with Crippen molar-refractivity contribution in [2.24, 2.45) is 0 Å². The molecule has 2 fully saturated rings. The fourth-order valence-corrected chi connectivity index (χ4v) is 3.89. The van der Waals surface area contributed by atoms with E-state index in [4.69, 9.17) is 4.74 Å². The minimum atomic E-state index is -0.790. The SMILES string of the molecule is C=C1CCC(N2C(=O)c3ccc(OC4CN(CCC)C4)cc3C2=O)C(=O)N1. The third-order valence-corrected chi connectivity index (χ3v) is 5.29. The quantitative estimate of drug-likeness (QED) is 0.797. The molecule has 0 saturated carbocycles. The predicted octanol–water partition coefficient (Wildman–Crippen LogP) is 1.55. The van der Waals surface area contributed by atoms with Crippen molar-refractivity contribution in [2.45, 2.75) is 38.3 Å². The van der Waals surface area contributed by atoms with E-state index in [-0.39, 0.29) is 12.0 Å². The molecule has 0 bridgehead atoms. The molecule has 3 heterocycles. The number of nitrogens with zero attached hydrogens (tertiary/aromatic N) is 2. The van der Waals surface area contributed by atoms with Gasteiger partial charge in [0.05, 0.1) is 11.1 Å². The summed E-state index contributed by atoms with van der Waals surface area (Å²) in [5.74, 6) is -0.636. The van der Waals surface area contributed by atoms with E-state index in [9.17, 15) is 14.4 Å². The lowest BCUT2D eigenvalue weighted by Gasteiger charge is -2.38. The molecule has 1 atom stereocenters. The van der Waals surface area contributed by atoms with Crippen molar-refractivity contribution < 1.29 is 19.1 Å². The second-order valence-corrected chi connectivity index (χ2v) is 7.33. The van der Waals surface area contributed by atoms with Gasteiger partial charge in [0.15, 0.2) is 0 Å². The highest BCUT2D eigenvalue weighted by atomic mass is 16.5. The van der Waals surface area contributed by atoms with E-state index in [1.165, 1.54) is 0 Å². The van der Waals surface area contributed by atoms with Crippen molar-refractivity contribution in [3.63, 3.8) is 0 Å². The standard InChI is InChI=1S/C20H23N3O4/c1-3-8-22-10-14(11-22)27-13-5-6-15-16(9-13)20(26)23(19(15)25)17-7-4-12(2)21-18(17)24/h5-6,9,14,17H,2-4,7-8,10-11H2,1H3,(H,21,24). The summed E-state index contributed by atoms with van der Waals surface area (Å²) in [5.41, 5.74) is 1.24. The van der Waals surface area contributed by atoms with Crippen LogP contribution in [-0.4, -0.2) is 59.3 Å². The maximum absolute atomic E-state index is 12.8. The van der Waals surface area contributed by atoms with Crippen molar-refractivity contribution in [3.05, 3.63) is 41.6 Å². The maximum atomic E-state index is 12.8. The zero-order chi connectivity index (χ0) is 19.1. The Balaban J connectivity index is 1.49. The molecule has 3 aliphatic rings. The predicted molar refractivity (Wildman–Crippen MR) is 98.4 cm³/mol. The van der Waals surface area contributed by atoms with Crippen molar-refractivity contribution in [1.82, 2.24) is 15.1 Å².